The molecule has 0 aromatic heterocycles. The predicted molar refractivity (Wildman–Crippen MR) is 304 cm³/mol. The van der Waals surface area contributed by atoms with Crippen LogP contribution in [0.5, 0.6) is 0 Å². The van der Waals surface area contributed by atoms with Crippen molar-refractivity contribution in [3.8, 4) is 33.4 Å². The number of nitrogens with zero attached hydrogens (tertiary/aromatic N) is 1. The number of benzene rings is 10. The zero-order chi connectivity index (χ0) is 48.5. The third kappa shape index (κ3) is 7.87. The first-order valence-corrected chi connectivity index (χ1v) is 25.1. The van der Waals surface area contributed by atoms with Gasteiger partial charge in [0.1, 0.15) is 0 Å². The van der Waals surface area contributed by atoms with Gasteiger partial charge in [0.25, 0.3) is 0 Å². The zero-order valence-corrected chi connectivity index (χ0v) is 41.1. The van der Waals surface area contributed by atoms with Crippen molar-refractivity contribution in [2.75, 3.05) is 10.2 Å². The van der Waals surface area contributed by atoms with Gasteiger partial charge in [-0.2, -0.15) is 0 Å². The maximum absolute atomic E-state index is 6.46. The van der Waals surface area contributed by atoms with E-state index in [1.54, 1.807) is 0 Å². The molecule has 0 saturated heterocycles. The minimum Gasteiger partial charge on any atom is -0.354 e. The Labute approximate surface area is 421 Å². The lowest BCUT2D eigenvalue weighted by Crippen LogP contribution is -2.35. The SMILES string of the molecule is [B]Cc1ccc(N(c2cc(C)c(-c3ccccc3CCC)cc2C)c2cc3ccccc3c(-c3cccc4c3Nc3ccccc3C4(c3ccccc3)c3ccccc3)c2/C=C/C)c(-c2ccccc2)c1. The fraction of sp³-hybridized carbons (Fsp3) is 0.118. The number of hydrogen-bond acceptors (Lipinski definition) is 2. The predicted octanol–water partition coefficient (Wildman–Crippen LogP) is 18.0. The van der Waals surface area contributed by atoms with Crippen molar-refractivity contribution in [3.05, 3.63) is 275 Å². The third-order valence-electron chi connectivity index (χ3n) is 14.6. The second kappa shape index (κ2) is 19.3. The van der Waals surface area contributed by atoms with Gasteiger partial charge in [0.15, 0.2) is 0 Å². The summed E-state index contributed by atoms with van der Waals surface area (Å²) in [4.78, 5) is 2.54. The Hall–Kier alpha value is -8.14. The van der Waals surface area contributed by atoms with Gasteiger partial charge in [0, 0.05) is 33.6 Å². The Morgan fingerprint density at radius 1 is 0.535 bits per heavy atom. The average Bonchev–Trinajstić information content (AvgIpc) is 3.42. The Kier molecular flexibility index (Phi) is 12.3. The van der Waals surface area contributed by atoms with E-state index in [1.165, 1.54) is 61.0 Å². The standard InChI is InChI=1S/C68H57BN2/c1-5-23-49-27-16-18-33-54(49)58-41-47(4)64(42-46(58)3)71(63-40-39-48(45-69)43-59(63)50-25-10-7-11-26-50)65-44-51-28-17-19-34-55(51)66(56(65)24-6-2)57-35-22-37-61-67(57)70-62-38-21-20-36-60(62)68(61,52-29-12-8-13-30-52)53-31-14-9-15-32-53/h6-22,24-44,70H,5,23,45H2,1-4H3/b24-6+. The molecule has 2 nitrogen and oxygen atoms in total. The molecule has 0 fully saturated rings. The number of anilines is 5. The molecule has 0 atom stereocenters. The van der Waals surface area contributed by atoms with Gasteiger partial charge < -0.3 is 10.2 Å². The fourth-order valence-electron chi connectivity index (χ4n) is 11.5. The molecule has 0 spiro atoms. The highest BCUT2D eigenvalue weighted by Crippen LogP contribution is 2.57. The summed E-state index contributed by atoms with van der Waals surface area (Å²) in [5.41, 5.74) is 22.9. The van der Waals surface area contributed by atoms with Gasteiger partial charge in [-0.3, -0.25) is 0 Å². The molecule has 0 saturated carbocycles. The number of hydrogen-bond donors (Lipinski definition) is 1. The van der Waals surface area contributed by atoms with Gasteiger partial charge >= 0.3 is 0 Å². The maximum Gasteiger partial charge on any atom is 0.0742 e. The van der Waals surface area contributed by atoms with Crippen molar-refractivity contribution in [3.63, 3.8) is 0 Å². The van der Waals surface area contributed by atoms with Crippen LogP contribution in [0.25, 0.3) is 50.2 Å². The Bertz CT molecular complexity index is 3550. The van der Waals surface area contributed by atoms with Crippen LogP contribution in [0.3, 0.4) is 0 Å². The van der Waals surface area contributed by atoms with Gasteiger partial charge in [0.2, 0.25) is 0 Å². The van der Waals surface area contributed by atoms with E-state index in [4.69, 9.17) is 7.85 Å². The van der Waals surface area contributed by atoms with E-state index in [2.05, 4.69) is 268 Å². The van der Waals surface area contributed by atoms with E-state index in [-0.39, 0.29) is 0 Å². The van der Waals surface area contributed by atoms with Crippen LogP contribution in [0.2, 0.25) is 0 Å². The van der Waals surface area contributed by atoms with Crippen LogP contribution < -0.4 is 10.2 Å². The molecule has 1 aliphatic heterocycles. The van der Waals surface area contributed by atoms with Gasteiger partial charge in [0.05, 0.1) is 30.3 Å². The number of nitrogens with one attached hydrogen (secondary N) is 1. The van der Waals surface area contributed by atoms with Crippen molar-refractivity contribution in [2.24, 2.45) is 0 Å². The zero-order valence-electron chi connectivity index (χ0n) is 41.1. The quantitative estimate of drug-likeness (QED) is 0.123. The molecule has 11 rings (SSSR count). The summed E-state index contributed by atoms with van der Waals surface area (Å²) in [6, 6.07) is 80.6. The van der Waals surface area contributed by atoms with Crippen molar-refractivity contribution < 1.29 is 0 Å². The van der Waals surface area contributed by atoms with Crippen LogP contribution in [0, 0.1) is 13.8 Å². The Morgan fingerprint density at radius 3 is 1.92 bits per heavy atom. The number of para-hydroxylation sites is 2. The summed E-state index contributed by atoms with van der Waals surface area (Å²) in [6.07, 6.45) is 7.09. The van der Waals surface area contributed by atoms with Crippen molar-refractivity contribution in [1.29, 1.82) is 0 Å². The van der Waals surface area contributed by atoms with Crippen LogP contribution in [-0.4, -0.2) is 7.85 Å². The molecular formula is C68H57BN2. The molecule has 1 heterocycles. The van der Waals surface area contributed by atoms with Crippen LogP contribution >= 0.6 is 0 Å². The first-order valence-electron chi connectivity index (χ1n) is 25.1. The summed E-state index contributed by atoms with van der Waals surface area (Å²) in [6.45, 7) is 8.96. The fourth-order valence-corrected chi connectivity index (χ4v) is 11.5. The molecule has 2 radical (unpaired) electrons. The lowest BCUT2D eigenvalue weighted by Gasteiger charge is -2.43. The normalized spacial score (nSPS) is 12.6. The summed E-state index contributed by atoms with van der Waals surface area (Å²) in [5, 5.41) is 6.43. The smallest absolute Gasteiger partial charge is 0.0742 e. The lowest BCUT2D eigenvalue weighted by atomic mass is 9.62. The van der Waals surface area contributed by atoms with E-state index >= 15 is 0 Å². The number of rotatable bonds is 12. The first-order chi connectivity index (χ1) is 34.9. The topological polar surface area (TPSA) is 15.3 Å². The van der Waals surface area contributed by atoms with E-state index in [0.29, 0.717) is 6.32 Å². The van der Waals surface area contributed by atoms with Crippen LogP contribution in [0.15, 0.2) is 224 Å². The van der Waals surface area contributed by atoms with E-state index in [0.717, 1.165) is 74.5 Å². The molecule has 1 aliphatic rings. The van der Waals surface area contributed by atoms with Crippen LogP contribution in [0.1, 0.15) is 70.3 Å². The second-order valence-electron chi connectivity index (χ2n) is 18.9. The lowest BCUT2D eigenvalue weighted by molar-refractivity contribution is 0.741. The molecule has 0 bridgehead atoms. The molecule has 10 aromatic carbocycles. The van der Waals surface area contributed by atoms with Crippen molar-refractivity contribution in [2.45, 2.75) is 52.3 Å². The molecule has 0 aliphatic carbocycles. The summed E-state index contributed by atoms with van der Waals surface area (Å²) in [7, 11) is 6.46. The van der Waals surface area contributed by atoms with E-state index < -0.39 is 5.41 Å². The van der Waals surface area contributed by atoms with Gasteiger partial charge in [-0.15, -0.1) is 0 Å². The monoisotopic (exact) mass is 912 g/mol. The number of aryl methyl sites for hydroxylation is 3. The highest BCUT2D eigenvalue weighted by molar-refractivity contribution is 6.11. The summed E-state index contributed by atoms with van der Waals surface area (Å²) in [5.74, 6) is 0. The van der Waals surface area contributed by atoms with Crippen molar-refractivity contribution in [1.82, 2.24) is 0 Å². The van der Waals surface area contributed by atoms with Crippen LogP contribution in [0.4, 0.5) is 28.4 Å². The largest absolute Gasteiger partial charge is 0.354 e. The third-order valence-corrected chi connectivity index (χ3v) is 14.6. The number of allylic oxidation sites excluding steroid dienone is 1. The molecule has 10 aromatic rings. The van der Waals surface area contributed by atoms with Crippen LogP contribution in [-0.2, 0) is 18.2 Å². The highest BCUT2D eigenvalue weighted by atomic mass is 15.2. The van der Waals surface area contributed by atoms with Gasteiger partial charge in [-0.25, -0.2) is 0 Å². The molecule has 3 heteroatoms. The van der Waals surface area contributed by atoms with Crippen molar-refractivity contribution >= 4 is 53.1 Å². The molecule has 1 N–H and O–H groups in total. The van der Waals surface area contributed by atoms with Gasteiger partial charge in [-0.1, -0.05) is 219 Å². The number of fused-ring (bicyclic) bond motifs is 3. The molecule has 71 heavy (non-hydrogen) atoms. The average molecular weight is 913 g/mol. The minimum atomic E-state index is -0.614. The summed E-state index contributed by atoms with van der Waals surface area (Å²) < 4.78 is 0. The van der Waals surface area contributed by atoms with Gasteiger partial charge in [-0.05, 0) is 130 Å². The Morgan fingerprint density at radius 2 is 1.18 bits per heavy atom. The summed E-state index contributed by atoms with van der Waals surface area (Å²) >= 11 is 0. The first kappa shape index (κ1) is 45.3. The molecule has 0 amide bonds. The van der Waals surface area contributed by atoms with E-state index in [9.17, 15) is 0 Å². The molecule has 342 valence electrons. The maximum atomic E-state index is 6.46. The second-order valence-corrected chi connectivity index (χ2v) is 18.9. The Balaban J connectivity index is 1.25. The minimum absolute atomic E-state index is 0.441. The van der Waals surface area contributed by atoms with E-state index in [1.807, 2.05) is 0 Å². The highest BCUT2D eigenvalue weighted by Gasteiger charge is 2.45. The molecular weight excluding hydrogens is 856 g/mol. The molecule has 0 unspecified atom stereocenters.